The number of carbonyl (C=O) groups excluding carboxylic acids is 2. The normalized spacial score (nSPS) is 11.8. The number of para-hydroxylation sites is 1. The molecule has 0 heterocycles. The van der Waals surface area contributed by atoms with Gasteiger partial charge in [0.15, 0.2) is 6.61 Å². The van der Waals surface area contributed by atoms with Crippen molar-refractivity contribution < 1.29 is 19.2 Å². The topological polar surface area (TPSA) is 98.5 Å². The van der Waals surface area contributed by atoms with Gasteiger partial charge in [-0.3, -0.25) is 14.9 Å². The molecule has 0 aromatic heterocycles. The van der Waals surface area contributed by atoms with Gasteiger partial charge in [0.05, 0.1) is 4.92 Å². The molecule has 7 nitrogen and oxygen atoms in total. The fraction of sp³-hybridized carbons (Fsp3) is 0.429. The standard InChI is InChI=1S/C14H18N2O5/c1-9(2)10(3)15-13(17)8-21-14(18)11-6-4-5-7-12(11)16(19)20/h4-7,9-10H,8H2,1-3H3,(H,15,17)/t10-/m1/s1. The van der Waals surface area contributed by atoms with E-state index in [9.17, 15) is 19.7 Å². The Bertz CT molecular complexity index is 542. The van der Waals surface area contributed by atoms with Crippen LogP contribution >= 0.6 is 0 Å². The highest BCUT2D eigenvalue weighted by Gasteiger charge is 2.21. The molecule has 0 bridgehead atoms. The third kappa shape index (κ3) is 4.87. The Morgan fingerprint density at radius 2 is 1.90 bits per heavy atom. The first-order valence-electron chi connectivity index (χ1n) is 6.52. The Morgan fingerprint density at radius 1 is 1.29 bits per heavy atom. The van der Waals surface area contributed by atoms with E-state index in [2.05, 4.69) is 5.32 Å². The Morgan fingerprint density at radius 3 is 2.48 bits per heavy atom. The number of rotatable bonds is 6. The van der Waals surface area contributed by atoms with Crippen LogP contribution in [0.5, 0.6) is 0 Å². The minimum atomic E-state index is -0.894. The summed E-state index contributed by atoms with van der Waals surface area (Å²) in [7, 11) is 0. The predicted octanol–water partition coefficient (Wildman–Crippen LogP) is 1.91. The molecule has 0 spiro atoms. The van der Waals surface area contributed by atoms with Crippen molar-refractivity contribution in [3.05, 3.63) is 39.9 Å². The number of benzene rings is 1. The lowest BCUT2D eigenvalue weighted by Gasteiger charge is -2.17. The zero-order valence-corrected chi connectivity index (χ0v) is 12.2. The Labute approximate surface area is 122 Å². The molecule has 1 amide bonds. The number of amides is 1. The number of nitro groups is 1. The van der Waals surface area contributed by atoms with Gasteiger partial charge in [-0.15, -0.1) is 0 Å². The van der Waals surface area contributed by atoms with Crippen molar-refractivity contribution in [3.8, 4) is 0 Å². The van der Waals surface area contributed by atoms with Crippen LogP contribution in [0.15, 0.2) is 24.3 Å². The lowest BCUT2D eigenvalue weighted by Crippen LogP contribution is -2.38. The number of hydrogen-bond acceptors (Lipinski definition) is 5. The highest BCUT2D eigenvalue weighted by atomic mass is 16.6. The monoisotopic (exact) mass is 294 g/mol. The third-order valence-electron chi connectivity index (χ3n) is 3.04. The zero-order valence-electron chi connectivity index (χ0n) is 12.2. The van der Waals surface area contributed by atoms with Crippen LogP contribution in [0, 0.1) is 16.0 Å². The summed E-state index contributed by atoms with van der Waals surface area (Å²) in [4.78, 5) is 33.5. The van der Waals surface area contributed by atoms with E-state index in [0.717, 1.165) is 0 Å². The maximum absolute atomic E-state index is 11.8. The van der Waals surface area contributed by atoms with E-state index in [1.165, 1.54) is 24.3 Å². The van der Waals surface area contributed by atoms with Gasteiger partial charge >= 0.3 is 5.97 Å². The van der Waals surface area contributed by atoms with Gasteiger partial charge in [0.2, 0.25) is 0 Å². The van der Waals surface area contributed by atoms with Gasteiger partial charge in [-0.25, -0.2) is 4.79 Å². The van der Waals surface area contributed by atoms with Crippen LogP contribution in [-0.2, 0) is 9.53 Å². The molecule has 1 atom stereocenters. The highest BCUT2D eigenvalue weighted by Crippen LogP contribution is 2.18. The van der Waals surface area contributed by atoms with Crippen molar-refractivity contribution in [2.75, 3.05) is 6.61 Å². The molecule has 0 aliphatic heterocycles. The van der Waals surface area contributed by atoms with E-state index in [-0.39, 0.29) is 23.2 Å². The summed E-state index contributed by atoms with van der Waals surface area (Å²) in [5.41, 5.74) is -0.523. The summed E-state index contributed by atoms with van der Waals surface area (Å²) in [5.74, 6) is -1.09. The van der Waals surface area contributed by atoms with Crippen LogP contribution in [0.4, 0.5) is 5.69 Å². The predicted molar refractivity (Wildman–Crippen MR) is 75.8 cm³/mol. The Hall–Kier alpha value is -2.44. The molecule has 1 N–H and O–H groups in total. The summed E-state index contributed by atoms with van der Waals surface area (Å²) in [6.45, 7) is 5.27. The molecule has 0 radical (unpaired) electrons. The first-order valence-corrected chi connectivity index (χ1v) is 6.52. The van der Waals surface area contributed by atoms with E-state index in [4.69, 9.17) is 4.74 Å². The highest BCUT2D eigenvalue weighted by molar-refractivity contribution is 5.95. The molecule has 1 rings (SSSR count). The average Bonchev–Trinajstić information content (AvgIpc) is 2.44. The SMILES string of the molecule is CC(C)[C@@H](C)NC(=O)COC(=O)c1ccccc1[N+](=O)[O-]. The number of esters is 1. The van der Waals surface area contributed by atoms with Crippen LogP contribution in [0.2, 0.25) is 0 Å². The molecule has 0 fully saturated rings. The van der Waals surface area contributed by atoms with Crippen molar-refractivity contribution in [3.63, 3.8) is 0 Å². The number of nitro benzene ring substituents is 1. The molecular formula is C14H18N2O5. The molecule has 1 aromatic rings. The lowest BCUT2D eigenvalue weighted by molar-refractivity contribution is -0.385. The first-order chi connectivity index (χ1) is 9.82. The van der Waals surface area contributed by atoms with Gasteiger partial charge in [-0.1, -0.05) is 26.0 Å². The smallest absolute Gasteiger partial charge is 0.345 e. The van der Waals surface area contributed by atoms with E-state index in [0.29, 0.717) is 0 Å². The average molecular weight is 294 g/mol. The largest absolute Gasteiger partial charge is 0.452 e. The minimum absolute atomic E-state index is 0.0535. The molecule has 0 aliphatic carbocycles. The summed E-state index contributed by atoms with van der Waals surface area (Å²) in [5, 5.41) is 13.5. The lowest BCUT2D eigenvalue weighted by atomic mass is 10.1. The van der Waals surface area contributed by atoms with Crippen molar-refractivity contribution >= 4 is 17.6 Å². The number of carbonyl (C=O) groups is 2. The van der Waals surface area contributed by atoms with E-state index < -0.39 is 23.4 Å². The second-order valence-corrected chi connectivity index (χ2v) is 4.95. The van der Waals surface area contributed by atoms with Crippen LogP contribution in [0.1, 0.15) is 31.1 Å². The molecule has 0 saturated carbocycles. The van der Waals surface area contributed by atoms with E-state index in [1.807, 2.05) is 20.8 Å². The summed E-state index contributed by atoms with van der Waals surface area (Å²) < 4.78 is 4.81. The summed E-state index contributed by atoms with van der Waals surface area (Å²) >= 11 is 0. The fourth-order valence-corrected chi connectivity index (χ4v) is 1.48. The first kappa shape index (κ1) is 16.6. The Balaban J connectivity index is 2.63. The molecule has 7 heteroatoms. The van der Waals surface area contributed by atoms with Gasteiger partial charge in [-0.05, 0) is 18.9 Å². The van der Waals surface area contributed by atoms with Crippen molar-refractivity contribution in [1.82, 2.24) is 5.32 Å². The number of nitrogens with zero attached hydrogens (tertiary/aromatic N) is 1. The molecule has 114 valence electrons. The Kier molecular flexibility index (Phi) is 5.83. The van der Waals surface area contributed by atoms with Crippen molar-refractivity contribution in [2.24, 2.45) is 5.92 Å². The van der Waals surface area contributed by atoms with Crippen LogP contribution in [0.3, 0.4) is 0 Å². The van der Waals surface area contributed by atoms with E-state index >= 15 is 0 Å². The number of hydrogen-bond donors (Lipinski definition) is 1. The van der Waals surface area contributed by atoms with Gasteiger partial charge in [0.25, 0.3) is 11.6 Å². The quantitative estimate of drug-likeness (QED) is 0.491. The van der Waals surface area contributed by atoms with Crippen LogP contribution in [0.25, 0.3) is 0 Å². The van der Waals surface area contributed by atoms with Gasteiger partial charge in [0, 0.05) is 12.1 Å². The summed E-state index contributed by atoms with van der Waals surface area (Å²) in [6.07, 6.45) is 0. The molecule has 0 unspecified atom stereocenters. The van der Waals surface area contributed by atoms with E-state index in [1.54, 1.807) is 0 Å². The zero-order chi connectivity index (χ0) is 16.0. The van der Waals surface area contributed by atoms with Crippen molar-refractivity contribution in [1.29, 1.82) is 0 Å². The summed E-state index contributed by atoms with van der Waals surface area (Å²) in [6, 6.07) is 5.38. The second-order valence-electron chi connectivity index (χ2n) is 4.95. The molecule has 1 aromatic carbocycles. The minimum Gasteiger partial charge on any atom is -0.452 e. The third-order valence-corrected chi connectivity index (χ3v) is 3.04. The van der Waals surface area contributed by atoms with Crippen LogP contribution < -0.4 is 5.32 Å². The number of ether oxygens (including phenoxy) is 1. The fourth-order valence-electron chi connectivity index (χ4n) is 1.48. The molecule has 0 saturated heterocycles. The van der Waals surface area contributed by atoms with Gasteiger partial charge < -0.3 is 10.1 Å². The molecular weight excluding hydrogens is 276 g/mol. The van der Waals surface area contributed by atoms with Gasteiger partial charge in [0.1, 0.15) is 5.56 Å². The second kappa shape index (κ2) is 7.37. The maximum atomic E-state index is 11.8. The molecule has 0 aliphatic rings. The van der Waals surface area contributed by atoms with Gasteiger partial charge in [-0.2, -0.15) is 0 Å². The van der Waals surface area contributed by atoms with Crippen LogP contribution in [-0.4, -0.2) is 29.4 Å². The molecule has 21 heavy (non-hydrogen) atoms. The maximum Gasteiger partial charge on any atom is 0.345 e. The van der Waals surface area contributed by atoms with Crippen molar-refractivity contribution in [2.45, 2.75) is 26.8 Å². The number of nitrogens with one attached hydrogen (secondary N) is 1.